The fraction of sp³-hybridized carbons (Fsp3) is 0.417. The van der Waals surface area contributed by atoms with Crippen LogP contribution in [0, 0.1) is 11.7 Å². The number of aliphatic carboxylic acids is 1. The third-order valence-electron chi connectivity index (χ3n) is 2.63. The van der Waals surface area contributed by atoms with Gasteiger partial charge in [0.2, 0.25) is 10.0 Å². The van der Waals surface area contributed by atoms with Gasteiger partial charge in [0.25, 0.3) is 0 Å². The van der Waals surface area contributed by atoms with Gasteiger partial charge in [0, 0.05) is 0 Å². The van der Waals surface area contributed by atoms with Gasteiger partial charge in [0.1, 0.15) is 22.5 Å². The van der Waals surface area contributed by atoms with Gasteiger partial charge in [-0.3, -0.25) is 4.79 Å². The van der Waals surface area contributed by atoms with Crippen molar-refractivity contribution in [3.63, 3.8) is 0 Å². The molecular formula is C12H14F3NO5S. The molecule has 0 aliphatic rings. The molecule has 0 saturated carbocycles. The van der Waals surface area contributed by atoms with Gasteiger partial charge in [-0.05, 0) is 24.1 Å². The number of benzene rings is 1. The van der Waals surface area contributed by atoms with Gasteiger partial charge in [-0.2, -0.15) is 13.5 Å². The van der Waals surface area contributed by atoms with E-state index in [0.717, 1.165) is 12.1 Å². The van der Waals surface area contributed by atoms with E-state index in [1.165, 1.54) is 13.8 Å². The Morgan fingerprint density at radius 1 is 1.32 bits per heavy atom. The van der Waals surface area contributed by atoms with Crippen LogP contribution in [0.3, 0.4) is 0 Å². The summed E-state index contributed by atoms with van der Waals surface area (Å²) in [4.78, 5) is 10.1. The molecule has 0 aromatic heterocycles. The third kappa shape index (κ3) is 4.60. The predicted octanol–water partition coefficient (Wildman–Crippen LogP) is 1.81. The highest BCUT2D eigenvalue weighted by atomic mass is 32.2. The summed E-state index contributed by atoms with van der Waals surface area (Å²) in [5.74, 6) is -3.86. The Balaban J connectivity index is 3.27. The lowest BCUT2D eigenvalue weighted by Crippen LogP contribution is -2.44. The summed E-state index contributed by atoms with van der Waals surface area (Å²) in [6.45, 7) is -0.424. The van der Waals surface area contributed by atoms with E-state index in [-0.39, 0.29) is 0 Å². The van der Waals surface area contributed by atoms with Crippen LogP contribution in [-0.2, 0) is 14.8 Å². The van der Waals surface area contributed by atoms with Crippen molar-refractivity contribution in [1.29, 1.82) is 0 Å². The van der Waals surface area contributed by atoms with Crippen LogP contribution >= 0.6 is 0 Å². The minimum Gasteiger partial charge on any atom is -0.480 e. The fourth-order valence-corrected chi connectivity index (χ4v) is 3.07. The normalized spacial score (nSPS) is 13.4. The van der Waals surface area contributed by atoms with Crippen molar-refractivity contribution < 1.29 is 36.2 Å². The lowest BCUT2D eigenvalue weighted by molar-refractivity contribution is -0.140. The molecule has 0 bridgehead atoms. The molecule has 1 aromatic carbocycles. The molecule has 22 heavy (non-hydrogen) atoms. The highest BCUT2D eigenvalue weighted by Crippen LogP contribution is 2.26. The van der Waals surface area contributed by atoms with Crippen LogP contribution < -0.4 is 9.46 Å². The molecule has 0 fully saturated rings. The van der Waals surface area contributed by atoms with Crippen LogP contribution in [0.2, 0.25) is 0 Å². The minimum atomic E-state index is -4.58. The molecule has 1 aromatic rings. The van der Waals surface area contributed by atoms with Crippen molar-refractivity contribution in [2.45, 2.75) is 31.4 Å². The van der Waals surface area contributed by atoms with E-state index in [0.29, 0.717) is 6.07 Å². The zero-order valence-corrected chi connectivity index (χ0v) is 12.4. The van der Waals surface area contributed by atoms with Gasteiger partial charge in [0.15, 0.2) is 0 Å². The molecule has 0 amide bonds. The lowest BCUT2D eigenvalue weighted by Gasteiger charge is -2.19. The number of carbonyl (C=O) groups is 1. The van der Waals surface area contributed by atoms with E-state index in [2.05, 4.69) is 4.74 Å². The Morgan fingerprint density at radius 2 is 1.91 bits per heavy atom. The summed E-state index contributed by atoms with van der Waals surface area (Å²) >= 11 is 0. The van der Waals surface area contributed by atoms with Crippen molar-refractivity contribution in [2.24, 2.45) is 5.92 Å². The molecule has 0 heterocycles. The van der Waals surface area contributed by atoms with E-state index in [1.807, 2.05) is 4.72 Å². The maximum Gasteiger partial charge on any atom is 0.387 e. The first-order valence-electron chi connectivity index (χ1n) is 6.04. The Kier molecular flexibility index (Phi) is 5.78. The maximum absolute atomic E-state index is 13.2. The summed E-state index contributed by atoms with van der Waals surface area (Å²) in [5, 5.41) is 8.97. The van der Waals surface area contributed by atoms with E-state index in [4.69, 9.17) is 5.11 Å². The summed E-state index contributed by atoms with van der Waals surface area (Å²) in [5.41, 5.74) is 0. The van der Waals surface area contributed by atoms with Crippen LogP contribution in [-0.4, -0.2) is 32.1 Å². The fourth-order valence-electron chi connectivity index (χ4n) is 1.59. The predicted molar refractivity (Wildman–Crippen MR) is 69.6 cm³/mol. The van der Waals surface area contributed by atoms with Crippen molar-refractivity contribution in [1.82, 2.24) is 4.72 Å². The first-order valence-corrected chi connectivity index (χ1v) is 7.52. The average Bonchev–Trinajstić information content (AvgIpc) is 2.37. The Labute approximate surface area is 124 Å². The molecule has 1 rings (SSSR count). The second-order valence-electron chi connectivity index (χ2n) is 4.65. The van der Waals surface area contributed by atoms with Crippen molar-refractivity contribution in [3.05, 3.63) is 24.0 Å². The number of hydrogen-bond acceptors (Lipinski definition) is 4. The van der Waals surface area contributed by atoms with Gasteiger partial charge in [0.05, 0.1) is 0 Å². The average molecular weight is 341 g/mol. The zero-order chi connectivity index (χ0) is 17.1. The van der Waals surface area contributed by atoms with Gasteiger partial charge >= 0.3 is 12.6 Å². The molecule has 0 aliphatic carbocycles. The molecule has 0 saturated heterocycles. The SMILES string of the molecule is CC(C)[C@H](NS(=O)(=O)c1cc(F)ccc1OC(F)F)C(=O)O. The second kappa shape index (κ2) is 6.97. The molecular weight excluding hydrogens is 327 g/mol. The Morgan fingerprint density at radius 3 is 2.36 bits per heavy atom. The van der Waals surface area contributed by atoms with Crippen LogP contribution in [0.25, 0.3) is 0 Å². The molecule has 10 heteroatoms. The first-order chi connectivity index (χ1) is 10.0. The Hall–Kier alpha value is -1.81. The minimum absolute atomic E-state index is 0.472. The number of alkyl halides is 2. The molecule has 0 spiro atoms. The molecule has 2 N–H and O–H groups in total. The number of rotatable bonds is 7. The monoisotopic (exact) mass is 341 g/mol. The molecule has 124 valence electrons. The van der Waals surface area contributed by atoms with Gasteiger partial charge in [-0.1, -0.05) is 13.8 Å². The summed E-state index contributed by atoms with van der Waals surface area (Å²) < 4.78 is 67.9. The summed E-state index contributed by atoms with van der Waals surface area (Å²) in [7, 11) is -4.58. The smallest absolute Gasteiger partial charge is 0.387 e. The quantitative estimate of drug-likeness (QED) is 0.789. The molecule has 1 atom stereocenters. The molecule has 0 aliphatic heterocycles. The van der Waals surface area contributed by atoms with E-state index in [9.17, 15) is 26.4 Å². The maximum atomic E-state index is 13.2. The lowest BCUT2D eigenvalue weighted by atomic mass is 10.1. The van der Waals surface area contributed by atoms with Crippen molar-refractivity contribution >= 4 is 16.0 Å². The van der Waals surface area contributed by atoms with Gasteiger partial charge in [-0.15, -0.1) is 0 Å². The van der Waals surface area contributed by atoms with E-state index >= 15 is 0 Å². The molecule has 6 nitrogen and oxygen atoms in total. The summed E-state index contributed by atoms with van der Waals surface area (Å²) in [6.07, 6.45) is 0. The number of carboxylic acid groups (broad SMARTS) is 1. The van der Waals surface area contributed by atoms with E-state index < -0.39 is 51.0 Å². The highest BCUT2D eigenvalue weighted by Gasteiger charge is 2.30. The van der Waals surface area contributed by atoms with Crippen LogP contribution in [0.1, 0.15) is 13.8 Å². The topological polar surface area (TPSA) is 92.7 Å². The summed E-state index contributed by atoms with van der Waals surface area (Å²) in [6, 6.07) is 0.432. The third-order valence-corrected chi connectivity index (χ3v) is 4.09. The second-order valence-corrected chi connectivity index (χ2v) is 6.33. The van der Waals surface area contributed by atoms with Gasteiger partial charge in [-0.25, -0.2) is 12.8 Å². The molecule has 0 radical (unpaired) electrons. The number of halogens is 3. The number of carboxylic acids is 1. The number of ether oxygens (including phenoxy) is 1. The number of nitrogens with one attached hydrogen (secondary N) is 1. The van der Waals surface area contributed by atoms with E-state index in [1.54, 1.807) is 0 Å². The molecule has 0 unspecified atom stereocenters. The zero-order valence-electron chi connectivity index (χ0n) is 11.6. The van der Waals surface area contributed by atoms with Crippen LogP contribution in [0.15, 0.2) is 23.1 Å². The number of hydrogen-bond donors (Lipinski definition) is 2. The first kappa shape index (κ1) is 18.2. The van der Waals surface area contributed by atoms with Crippen LogP contribution in [0.5, 0.6) is 5.75 Å². The van der Waals surface area contributed by atoms with Crippen LogP contribution in [0.4, 0.5) is 13.2 Å². The largest absolute Gasteiger partial charge is 0.480 e. The number of sulfonamides is 1. The Bertz CT molecular complexity index is 648. The van der Waals surface area contributed by atoms with Crippen molar-refractivity contribution in [2.75, 3.05) is 0 Å². The highest BCUT2D eigenvalue weighted by molar-refractivity contribution is 7.89. The standard InChI is InChI=1S/C12H14F3NO5S/c1-6(2)10(11(17)18)16-22(19,20)9-5-7(13)3-4-8(9)21-12(14)15/h3-6,10,12,16H,1-2H3,(H,17,18)/t10-/m0/s1. The van der Waals surface area contributed by atoms with Crippen molar-refractivity contribution in [3.8, 4) is 5.75 Å². The van der Waals surface area contributed by atoms with Gasteiger partial charge < -0.3 is 9.84 Å².